The van der Waals surface area contributed by atoms with Gasteiger partial charge in [-0.1, -0.05) is 19.1 Å². The second-order valence-corrected chi connectivity index (χ2v) is 10.3. The molecule has 0 aliphatic rings. The van der Waals surface area contributed by atoms with Crippen molar-refractivity contribution in [1.29, 1.82) is 0 Å². The molecule has 0 unspecified atom stereocenters. The number of likely N-dealkylation sites (N-methyl/N-ethyl adjacent to an activating group) is 1. The summed E-state index contributed by atoms with van der Waals surface area (Å²) in [7, 11) is -2.15. The quantitative estimate of drug-likeness (QED) is 0.345. The second-order valence-electron chi connectivity index (χ2n) is 7.50. The molecule has 11 heteroatoms. The summed E-state index contributed by atoms with van der Waals surface area (Å²) in [5.41, 5.74) is 3.02. The van der Waals surface area contributed by atoms with Crippen LogP contribution in [-0.2, 0) is 26.0 Å². The van der Waals surface area contributed by atoms with E-state index in [0.717, 1.165) is 22.3 Å². The number of nitrogens with one attached hydrogen (secondary N) is 2. The van der Waals surface area contributed by atoms with Crippen LogP contribution in [0.1, 0.15) is 12.5 Å². The van der Waals surface area contributed by atoms with E-state index in [-0.39, 0.29) is 23.8 Å². The first kappa shape index (κ1) is 24.0. The number of carbonyl (C=O) groups excluding carboxylic acids is 1. The number of amides is 1. The number of ether oxygens (including phenoxy) is 1. The highest BCUT2D eigenvalue weighted by atomic mass is 32.2. The van der Waals surface area contributed by atoms with Gasteiger partial charge in [-0.2, -0.15) is 4.31 Å². The lowest BCUT2D eigenvalue weighted by atomic mass is 10.1. The maximum Gasteiger partial charge on any atom is 0.243 e. The molecular formula is C23H25N5O4S2. The molecule has 0 saturated carbocycles. The fraction of sp³-hybridized carbons (Fsp3) is 0.261. The molecule has 3 aromatic heterocycles. The van der Waals surface area contributed by atoms with Gasteiger partial charge in [-0.05, 0) is 29.8 Å². The number of H-pyrrole nitrogens is 1. The zero-order chi connectivity index (χ0) is 24.1. The normalized spacial score (nSPS) is 11.9. The first-order valence-corrected chi connectivity index (χ1v) is 13.0. The number of carbonyl (C=O) groups is 1. The largest absolute Gasteiger partial charge is 0.383 e. The van der Waals surface area contributed by atoms with E-state index >= 15 is 0 Å². The number of hydrogen-bond donors (Lipinski definition) is 2. The Kier molecular flexibility index (Phi) is 7.37. The molecule has 0 aliphatic heterocycles. The van der Waals surface area contributed by atoms with Crippen LogP contribution in [0.15, 0.2) is 59.1 Å². The van der Waals surface area contributed by atoms with Crippen LogP contribution in [0.25, 0.3) is 22.3 Å². The summed E-state index contributed by atoms with van der Waals surface area (Å²) < 4.78 is 32.3. The molecular weight excluding hydrogens is 474 g/mol. The van der Waals surface area contributed by atoms with E-state index in [1.54, 1.807) is 25.3 Å². The van der Waals surface area contributed by atoms with Gasteiger partial charge in [0.25, 0.3) is 0 Å². The molecule has 0 radical (unpaired) electrons. The van der Waals surface area contributed by atoms with Crippen molar-refractivity contribution >= 4 is 43.4 Å². The van der Waals surface area contributed by atoms with Gasteiger partial charge in [0.1, 0.15) is 5.65 Å². The summed E-state index contributed by atoms with van der Waals surface area (Å²) in [6.45, 7) is 2.67. The Morgan fingerprint density at radius 2 is 2.12 bits per heavy atom. The molecule has 2 N–H and O–H groups in total. The van der Waals surface area contributed by atoms with Crippen LogP contribution < -0.4 is 5.32 Å². The molecule has 1 amide bonds. The average Bonchev–Trinajstić information content (AvgIpc) is 3.46. The summed E-state index contributed by atoms with van der Waals surface area (Å²) in [5, 5.41) is 6.10. The Morgan fingerprint density at radius 1 is 1.26 bits per heavy atom. The number of aromatic amines is 1. The van der Waals surface area contributed by atoms with E-state index in [1.165, 1.54) is 34.9 Å². The number of thiazole rings is 1. The van der Waals surface area contributed by atoms with Gasteiger partial charge in [-0.3, -0.25) is 4.79 Å². The van der Waals surface area contributed by atoms with Gasteiger partial charge in [-0.15, -0.1) is 11.3 Å². The third-order valence-corrected chi connectivity index (χ3v) is 8.00. The highest BCUT2D eigenvalue weighted by molar-refractivity contribution is 7.89. The third kappa shape index (κ3) is 5.17. The van der Waals surface area contributed by atoms with E-state index in [2.05, 4.69) is 20.3 Å². The maximum absolute atomic E-state index is 13.0. The van der Waals surface area contributed by atoms with Gasteiger partial charge >= 0.3 is 0 Å². The van der Waals surface area contributed by atoms with Crippen molar-refractivity contribution in [1.82, 2.24) is 19.3 Å². The molecule has 0 aliphatic carbocycles. The first-order valence-electron chi connectivity index (χ1n) is 10.7. The van der Waals surface area contributed by atoms with Gasteiger partial charge in [0.05, 0.1) is 23.6 Å². The van der Waals surface area contributed by atoms with Gasteiger partial charge in [-0.25, -0.2) is 18.4 Å². The molecule has 3 heterocycles. The Morgan fingerprint density at radius 3 is 2.91 bits per heavy atom. The smallest absolute Gasteiger partial charge is 0.243 e. The van der Waals surface area contributed by atoms with Crippen molar-refractivity contribution in [3.05, 3.63) is 59.7 Å². The van der Waals surface area contributed by atoms with Crippen molar-refractivity contribution < 1.29 is 17.9 Å². The van der Waals surface area contributed by atoms with E-state index in [4.69, 9.17) is 4.74 Å². The molecule has 4 aromatic rings. The zero-order valence-electron chi connectivity index (χ0n) is 18.8. The number of benzene rings is 1. The fourth-order valence-corrected chi connectivity index (χ4v) is 5.81. The number of fused-ring (bicyclic) bond motifs is 1. The maximum atomic E-state index is 13.0. The van der Waals surface area contributed by atoms with Crippen molar-refractivity contribution in [3.63, 3.8) is 0 Å². The third-order valence-electron chi connectivity index (χ3n) is 5.28. The highest BCUT2D eigenvalue weighted by Crippen LogP contribution is 2.30. The van der Waals surface area contributed by atoms with Crippen LogP contribution in [-0.4, -0.2) is 60.4 Å². The number of pyridine rings is 1. The summed E-state index contributed by atoms with van der Waals surface area (Å²) in [6, 6.07) is 10.3. The Bertz CT molecular complexity index is 1400. The number of hydrogen-bond acceptors (Lipinski definition) is 7. The van der Waals surface area contributed by atoms with Crippen molar-refractivity contribution in [2.24, 2.45) is 0 Å². The number of rotatable bonds is 10. The van der Waals surface area contributed by atoms with Crippen LogP contribution in [0.3, 0.4) is 0 Å². The van der Waals surface area contributed by atoms with Crippen molar-refractivity contribution in [2.75, 3.05) is 32.1 Å². The Hall–Kier alpha value is -3.12. The Labute approximate surface area is 201 Å². The van der Waals surface area contributed by atoms with E-state index < -0.39 is 10.0 Å². The predicted molar refractivity (Wildman–Crippen MR) is 132 cm³/mol. The van der Waals surface area contributed by atoms with Gasteiger partial charge in [0.15, 0.2) is 5.13 Å². The topological polar surface area (TPSA) is 117 Å². The molecule has 0 bridgehead atoms. The monoisotopic (exact) mass is 499 g/mol. The van der Waals surface area contributed by atoms with Crippen molar-refractivity contribution in [3.8, 4) is 11.3 Å². The fourth-order valence-electron chi connectivity index (χ4n) is 3.58. The van der Waals surface area contributed by atoms with Gasteiger partial charge in [0.2, 0.25) is 15.9 Å². The molecule has 9 nitrogen and oxygen atoms in total. The summed E-state index contributed by atoms with van der Waals surface area (Å²) in [5.74, 6) is -0.275. The number of sulfonamides is 1. The van der Waals surface area contributed by atoms with Gasteiger partial charge < -0.3 is 15.0 Å². The Balaban J connectivity index is 1.45. The van der Waals surface area contributed by atoms with Crippen LogP contribution in [0.5, 0.6) is 0 Å². The predicted octanol–water partition coefficient (Wildman–Crippen LogP) is 3.52. The molecule has 0 spiro atoms. The minimum atomic E-state index is -3.68. The molecule has 0 saturated heterocycles. The molecule has 0 fully saturated rings. The SMILES string of the molecule is CCN(CCOC)S(=O)(=O)c1cccc(CC(=O)Nc2nc(-c3c[nH]c4ncccc34)cs2)c1. The molecule has 34 heavy (non-hydrogen) atoms. The summed E-state index contributed by atoms with van der Waals surface area (Å²) in [6.07, 6.45) is 3.59. The van der Waals surface area contributed by atoms with Crippen LogP contribution in [0, 0.1) is 0 Å². The molecule has 1 aromatic carbocycles. The lowest BCUT2D eigenvalue weighted by Crippen LogP contribution is -2.33. The minimum absolute atomic E-state index is 0.0273. The van der Waals surface area contributed by atoms with Crippen LogP contribution >= 0.6 is 11.3 Å². The van der Waals surface area contributed by atoms with Crippen LogP contribution in [0.4, 0.5) is 5.13 Å². The number of anilines is 1. The number of methoxy groups -OCH3 is 1. The zero-order valence-corrected chi connectivity index (χ0v) is 20.4. The van der Waals surface area contributed by atoms with Crippen molar-refractivity contribution in [2.45, 2.75) is 18.2 Å². The standard InChI is InChI=1S/C23H25N5O4S2/c1-3-28(10-11-32-2)34(30,31)17-7-4-6-16(12-17)13-21(29)27-23-26-20(15-33-23)19-14-25-22-18(19)8-5-9-24-22/h4-9,12,14-15H,3,10-11,13H2,1-2H3,(H,24,25)(H,26,27,29). The minimum Gasteiger partial charge on any atom is -0.383 e. The van der Waals surface area contributed by atoms with E-state index in [1.807, 2.05) is 23.7 Å². The lowest BCUT2D eigenvalue weighted by molar-refractivity contribution is -0.115. The summed E-state index contributed by atoms with van der Waals surface area (Å²) in [4.78, 5) is 24.7. The number of nitrogens with zero attached hydrogens (tertiary/aromatic N) is 3. The molecule has 178 valence electrons. The average molecular weight is 500 g/mol. The lowest BCUT2D eigenvalue weighted by Gasteiger charge is -2.20. The van der Waals surface area contributed by atoms with Crippen LogP contribution in [0.2, 0.25) is 0 Å². The molecule has 4 rings (SSSR count). The second kappa shape index (κ2) is 10.4. The van der Waals surface area contributed by atoms with E-state index in [0.29, 0.717) is 23.8 Å². The summed E-state index contributed by atoms with van der Waals surface area (Å²) >= 11 is 1.33. The van der Waals surface area contributed by atoms with E-state index in [9.17, 15) is 13.2 Å². The highest BCUT2D eigenvalue weighted by Gasteiger charge is 2.23. The van der Waals surface area contributed by atoms with Gasteiger partial charge in [0, 0.05) is 48.9 Å². The first-order chi connectivity index (χ1) is 16.4. The number of aromatic nitrogens is 3. The molecule has 0 atom stereocenters.